The number of aromatic amines is 1. The number of aliphatic hydroxyl groups is 1. The van der Waals surface area contributed by atoms with E-state index in [2.05, 4.69) is 20.4 Å². The molecule has 0 saturated heterocycles. The fourth-order valence-electron chi connectivity index (χ4n) is 2.22. The van der Waals surface area contributed by atoms with Crippen molar-refractivity contribution in [2.75, 3.05) is 0 Å². The van der Waals surface area contributed by atoms with Crippen LogP contribution in [-0.4, -0.2) is 27.3 Å². The number of aliphatic hydroxyl groups excluding tert-OH is 1. The van der Waals surface area contributed by atoms with Crippen molar-refractivity contribution >= 4 is 17.4 Å². The number of nitrogens with zero attached hydrogens (tertiary/aromatic N) is 4. The highest BCUT2D eigenvalue weighted by Crippen LogP contribution is 2.31. The highest BCUT2D eigenvalue weighted by molar-refractivity contribution is 6.04. The van der Waals surface area contributed by atoms with Crippen LogP contribution in [0.3, 0.4) is 0 Å². The molecular formula is C18H16F3N5O2. The van der Waals surface area contributed by atoms with Crippen molar-refractivity contribution in [2.45, 2.75) is 32.4 Å². The molecule has 0 bridgehead atoms. The lowest BCUT2D eigenvalue weighted by molar-refractivity contribution is -0.166. The molecule has 10 heteroatoms. The monoisotopic (exact) mass is 391 g/mol. The third-order valence-corrected chi connectivity index (χ3v) is 3.60. The molecule has 0 radical (unpaired) electrons. The SMILES string of the molecule is CC(C)(C)c1[nH]nc(N=N/C(C(=O)C(F)(F)F)=C(\O)c2ccccc2)c1C#N. The number of halogens is 3. The Morgan fingerprint density at radius 3 is 2.32 bits per heavy atom. The van der Waals surface area contributed by atoms with Gasteiger partial charge in [0.15, 0.2) is 11.5 Å². The maximum Gasteiger partial charge on any atom is 0.456 e. The first-order valence-corrected chi connectivity index (χ1v) is 7.97. The number of hydrogen-bond donors (Lipinski definition) is 2. The Hall–Kier alpha value is -3.48. The second kappa shape index (κ2) is 7.64. The number of carbonyl (C=O) groups excluding carboxylic acids is 1. The van der Waals surface area contributed by atoms with E-state index in [1.807, 2.05) is 6.07 Å². The largest absolute Gasteiger partial charge is 0.505 e. The zero-order valence-electron chi connectivity index (χ0n) is 15.2. The number of H-pyrrole nitrogens is 1. The summed E-state index contributed by atoms with van der Waals surface area (Å²) < 4.78 is 38.8. The molecular weight excluding hydrogens is 375 g/mol. The summed E-state index contributed by atoms with van der Waals surface area (Å²) in [6.45, 7) is 5.38. The van der Waals surface area contributed by atoms with Crippen molar-refractivity contribution < 1.29 is 23.1 Å². The lowest BCUT2D eigenvalue weighted by Gasteiger charge is -2.15. The smallest absolute Gasteiger partial charge is 0.456 e. The number of rotatable bonds is 4. The van der Waals surface area contributed by atoms with Gasteiger partial charge in [-0.25, -0.2) is 0 Å². The van der Waals surface area contributed by atoms with E-state index in [9.17, 15) is 28.3 Å². The molecule has 0 spiro atoms. The molecule has 0 unspecified atom stereocenters. The van der Waals surface area contributed by atoms with E-state index in [0.717, 1.165) is 0 Å². The molecule has 2 rings (SSSR count). The number of allylic oxidation sites excluding steroid dienone is 1. The van der Waals surface area contributed by atoms with E-state index < -0.39 is 28.8 Å². The normalized spacial score (nSPS) is 13.3. The second-order valence-electron chi connectivity index (χ2n) is 6.75. The molecule has 1 aromatic heterocycles. The van der Waals surface area contributed by atoms with E-state index in [1.165, 1.54) is 24.3 Å². The van der Waals surface area contributed by atoms with Gasteiger partial charge in [0.2, 0.25) is 5.82 Å². The van der Waals surface area contributed by atoms with Crippen molar-refractivity contribution in [2.24, 2.45) is 10.2 Å². The molecule has 0 amide bonds. The first-order valence-electron chi connectivity index (χ1n) is 7.97. The zero-order chi connectivity index (χ0) is 21.1. The van der Waals surface area contributed by atoms with Crippen molar-refractivity contribution in [3.8, 4) is 6.07 Å². The molecule has 0 fully saturated rings. The summed E-state index contributed by atoms with van der Waals surface area (Å²) >= 11 is 0. The number of benzene rings is 1. The lowest BCUT2D eigenvalue weighted by Crippen LogP contribution is -2.24. The molecule has 0 atom stereocenters. The van der Waals surface area contributed by atoms with E-state index >= 15 is 0 Å². The number of nitriles is 1. The minimum atomic E-state index is -5.28. The Bertz CT molecular complexity index is 977. The molecule has 28 heavy (non-hydrogen) atoms. The quantitative estimate of drug-likeness (QED) is 0.446. The van der Waals surface area contributed by atoms with Gasteiger partial charge in [-0.05, 0) is 0 Å². The van der Waals surface area contributed by atoms with Crippen molar-refractivity contribution in [1.82, 2.24) is 10.2 Å². The van der Waals surface area contributed by atoms with Crippen LogP contribution in [0.2, 0.25) is 0 Å². The average molecular weight is 391 g/mol. The number of ketones is 1. The predicted molar refractivity (Wildman–Crippen MR) is 93.6 cm³/mol. The summed E-state index contributed by atoms with van der Waals surface area (Å²) in [7, 11) is 0. The number of hydrogen-bond acceptors (Lipinski definition) is 6. The molecule has 2 aromatic rings. The van der Waals surface area contributed by atoms with E-state index in [-0.39, 0.29) is 16.9 Å². The van der Waals surface area contributed by atoms with Gasteiger partial charge in [-0.1, -0.05) is 51.1 Å². The van der Waals surface area contributed by atoms with E-state index in [0.29, 0.717) is 5.69 Å². The minimum absolute atomic E-state index is 0.0192. The number of nitrogens with one attached hydrogen (secondary N) is 1. The summed E-state index contributed by atoms with van der Waals surface area (Å²) in [6, 6.07) is 8.99. The number of azo groups is 1. The maximum absolute atomic E-state index is 12.9. The Labute approximate surface area is 158 Å². The van der Waals surface area contributed by atoms with Crippen LogP contribution in [-0.2, 0) is 10.2 Å². The molecule has 7 nitrogen and oxygen atoms in total. The Balaban J connectivity index is 2.58. The fourth-order valence-corrected chi connectivity index (χ4v) is 2.22. The van der Waals surface area contributed by atoms with Gasteiger partial charge in [0.1, 0.15) is 11.6 Å². The van der Waals surface area contributed by atoms with Gasteiger partial charge in [-0.2, -0.15) is 23.5 Å². The molecule has 0 saturated carbocycles. The zero-order valence-corrected chi connectivity index (χ0v) is 15.2. The van der Waals surface area contributed by atoms with Crippen LogP contribution < -0.4 is 0 Å². The molecule has 1 aromatic carbocycles. The lowest BCUT2D eigenvalue weighted by atomic mass is 9.90. The van der Waals surface area contributed by atoms with Crippen LogP contribution in [0.5, 0.6) is 0 Å². The Kier molecular flexibility index (Phi) is 5.68. The predicted octanol–water partition coefficient (Wildman–Crippen LogP) is 4.72. The molecule has 0 aliphatic rings. The maximum atomic E-state index is 12.9. The number of Topliss-reactive ketones (excluding diaryl/α,β-unsaturated/α-hetero) is 1. The van der Waals surface area contributed by atoms with Crippen LogP contribution in [0.4, 0.5) is 19.0 Å². The third-order valence-electron chi connectivity index (χ3n) is 3.60. The molecule has 146 valence electrons. The summed E-state index contributed by atoms with van der Waals surface area (Å²) in [5.41, 5.74) is -1.48. The third kappa shape index (κ3) is 4.43. The van der Waals surface area contributed by atoms with Crippen LogP contribution in [0, 0.1) is 11.3 Å². The van der Waals surface area contributed by atoms with Crippen LogP contribution in [0.1, 0.15) is 37.6 Å². The van der Waals surface area contributed by atoms with Gasteiger partial charge >= 0.3 is 6.18 Å². The summed E-state index contributed by atoms with van der Waals surface area (Å²) in [6.07, 6.45) is -5.28. The number of aromatic nitrogens is 2. The van der Waals surface area contributed by atoms with Gasteiger partial charge in [-0.3, -0.25) is 9.89 Å². The van der Waals surface area contributed by atoms with Gasteiger partial charge in [0.25, 0.3) is 5.78 Å². The average Bonchev–Trinajstić information content (AvgIpc) is 3.04. The number of carbonyl (C=O) groups is 1. The Morgan fingerprint density at radius 1 is 1.21 bits per heavy atom. The fraction of sp³-hybridized carbons (Fsp3) is 0.278. The Morgan fingerprint density at radius 2 is 1.82 bits per heavy atom. The highest BCUT2D eigenvalue weighted by atomic mass is 19.4. The van der Waals surface area contributed by atoms with Crippen molar-refractivity contribution in [3.05, 3.63) is 52.8 Å². The van der Waals surface area contributed by atoms with Crippen LogP contribution >= 0.6 is 0 Å². The summed E-state index contributed by atoms with van der Waals surface area (Å²) in [5, 5.41) is 32.7. The second-order valence-corrected chi connectivity index (χ2v) is 6.75. The van der Waals surface area contributed by atoms with Crippen LogP contribution in [0.25, 0.3) is 5.76 Å². The van der Waals surface area contributed by atoms with Crippen molar-refractivity contribution in [1.29, 1.82) is 5.26 Å². The van der Waals surface area contributed by atoms with Crippen molar-refractivity contribution in [3.63, 3.8) is 0 Å². The topological polar surface area (TPSA) is 114 Å². The first-order chi connectivity index (χ1) is 13.0. The van der Waals surface area contributed by atoms with E-state index in [1.54, 1.807) is 26.8 Å². The number of alkyl halides is 3. The first kappa shape index (κ1) is 20.8. The molecule has 1 heterocycles. The molecule has 2 N–H and O–H groups in total. The van der Waals surface area contributed by atoms with Gasteiger partial charge in [0, 0.05) is 11.0 Å². The molecule has 0 aliphatic heterocycles. The van der Waals surface area contributed by atoms with E-state index in [4.69, 9.17) is 0 Å². The van der Waals surface area contributed by atoms with Gasteiger partial charge in [-0.15, -0.1) is 10.2 Å². The summed E-state index contributed by atoms with van der Waals surface area (Å²) in [4.78, 5) is 11.7. The van der Waals surface area contributed by atoms with Gasteiger partial charge < -0.3 is 5.11 Å². The summed E-state index contributed by atoms with van der Waals surface area (Å²) in [5.74, 6) is -3.65. The van der Waals surface area contributed by atoms with Crippen LogP contribution in [0.15, 0.2) is 46.3 Å². The molecule has 0 aliphatic carbocycles. The highest BCUT2D eigenvalue weighted by Gasteiger charge is 2.43. The standard InChI is InChI=1S/C18H16F3N5O2/c1-17(2,3)14-11(9-22)16(26-24-14)25-23-12(15(28)18(19,20)21)13(27)10-7-5-4-6-8-10/h4-8,27H,1-3H3,(H,24,26)/b13-12-,25-23?. The van der Waals surface area contributed by atoms with Gasteiger partial charge in [0.05, 0.1) is 5.69 Å². The minimum Gasteiger partial charge on any atom is -0.505 e.